The third-order valence-corrected chi connectivity index (χ3v) is 8.41. The van der Waals surface area contributed by atoms with Crippen LogP contribution in [-0.2, 0) is 11.2 Å². The highest BCUT2D eigenvalue weighted by Crippen LogP contribution is 2.39. The molecule has 0 N–H and O–H groups in total. The zero-order valence-electron chi connectivity index (χ0n) is 19.2. The fourth-order valence-corrected chi connectivity index (χ4v) is 6.40. The number of hydrogen-bond donors (Lipinski definition) is 0. The van der Waals surface area contributed by atoms with Crippen LogP contribution < -0.4 is 0 Å². The van der Waals surface area contributed by atoms with Crippen LogP contribution in [0.25, 0.3) is 0 Å². The van der Waals surface area contributed by atoms with Crippen molar-refractivity contribution in [2.75, 3.05) is 32.7 Å². The van der Waals surface area contributed by atoms with E-state index in [1.807, 2.05) is 58.4 Å². The SMILES string of the molecule is CC(C(=O)N1CCN(C(=O)c2cccc(Br)c2)CC1)N1CCc2sccc2C1c1ccccc1. The summed E-state index contributed by atoms with van der Waals surface area (Å²) in [5.74, 6) is 0.167. The van der Waals surface area contributed by atoms with Crippen molar-refractivity contribution in [1.29, 1.82) is 0 Å². The summed E-state index contributed by atoms with van der Waals surface area (Å²) in [6, 6.07) is 20.1. The molecule has 0 saturated carbocycles. The van der Waals surface area contributed by atoms with E-state index in [-0.39, 0.29) is 23.9 Å². The summed E-state index contributed by atoms with van der Waals surface area (Å²) in [6.07, 6.45) is 0.975. The van der Waals surface area contributed by atoms with E-state index in [2.05, 4.69) is 56.5 Å². The summed E-state index contributed by atoms with van der Waals surface area (Å²) in [4.78, 5) is 34.0. The molecule has 2 atom stereocenters. The second-order valence-corrected chi connectivity index (χ2v) is 10.8. The second kappa shape index (κ2) is 10.0. The van der Waals surface area contributed by atoms with Crippen molar-refractivity contribution in [3.8, 4) is 0 Å². The maximum atomic E-state index is 13.6. The molecule has 0 aliphatic carbocycles. The van der Waals surface area contributed by atoms with Crippen LogP contribution in [0.1, 0.15) is 39.3 Å². The van der Waals surface area contributed by atoms with Crippen LogP contribution in [0.3, 0.4) is 0 Å². The average molecular weight is 539 g/mol. The molecule has 2 amide bonds. The first-order valence-corrected chi connectivity index (χ1v) is 13.4. The molecule has 0 radical (unpaired) electrons. The zero-order chi connectivity index (χ0) is 23.7. The minimum Gasteiger partial charge on any atom is -0.338 e. The molecule has 1 saturated heterocycles. The van der Waals surface area contributed by atoms with Crippen LogP contribution in [-0.4, -0.2) is 65.3 Å². The van der Waals surface area contributed by atoms with Crippen LogP contribution in [0.15, 0.2) is 70.5 Å². The highest BCUT2D eigenvalue weighted by Gasteiger charge is 2.37. The molecule has 0 bridgehead atoms. The van der Waals surface area contributed by atoms with Gasteiger partial charge >= 0.3 is 0 Å². The molecule has 3 heterocycles. The van der Waals surface area contributed by atoms with Gasteiger partial charge in [0.1, 0.15) is 0 Å². The Labute approximate surface area is 213 Å². The molecule has 176 valence electrons. The van der Waals surface area contributed by atoms with Gasteiger partial charge in [-0.1, -0.05) is 52.3 Å². The van der Waals surface area contributed by atoms with Crippen molar-refractivity contribution in [1.82, 2.24) is 14.7 Å². The largest absolute Gasteiger partial charge is 0.338 e. The van der Waals surface area contributed by atoms with Crippen molar-refractivity contribution in [3.05, 3.63) is 92.1 Å². The maximum Gasteiger partial charge on any atom is 0.254 e. The van der Waals surface area contributed by atoms with Crippen molar-refractivity contribution < 1.29 is 9.59 Å². The predicted octanol–water partition coefficient (Wildman–Crippen LogP) is 4.83. The fraction of sp³-hybridized carbons (Fsp3) is 0.333. The minimum absolute atomic E-state index is 0.0200. The predicted molar refractivity (Wildman–Crippen MR) is 139 cm³/mol. The Morgan fingerprint density at radius 3 is 2.41 bits per heavy atom. The number of fused-ring (bicyclic) bond motifs is 1. The Kier molecular flexibility index (Phi) is 6.86. The lowest BCUT2D eigenvalue weighted by Gasteiger charge is -2.42. The van der Waals surface area contributed by atoms with Gasteiger partial charge in [-0.25, -0.2) is 0 Å². The van der Waals surface area contributed by atoms with E-state index < -0.39 is 0 Å². The summed E-state index contributed by atoms with van der Waals surface area (Å²) >= 11 is 5.25. The van der Waals surface area contributed by atoms with Gasteiger partial charge in [0.05, 0.1) is 12.1 Å². The summed E-state index contributed by atoms with van der Waals surface area (Å²) < 4.78 is 0.893. The van der Waals surface area contributed by atoms with E-state index in [1.54, 1.807) is 0 Å². The number of hydrogen-bond acceptors (Lipinski definition) is 4. The molecule has 2 aliphatic rings. The van der Waals surface area contributed by atoms with Crippen molar-refractivity contribution in [3.63, 3.8) is 0 Å². The number of rotatable bonds is 4. The van der Waals surface area contributed by atoms with Crippen LogP contribution in [0, 0.1) is 0 Å². The highest BCUT2D eigenvalue weighted by molar-refractivity contribution is 9.10. The molecular formula is C27H28BrN3O2S. The van der Waals surface area contributed by atoms with Gasteiger partial charge in [-0.15, -0.1) is 11.3 Å². The normalized spacial score (nSPS) is 19.5. The number of halogens is 1. The molecule has 0 spiro atoms. The quantitative estimate of drug-likeness (QED) is 0.478. The lowest BCUT2D eigenvalue weighted by molar-refractivity contribution is -0.138. The molecule has 2 aromatic carbocycles. The van der Waals surface area contributed by atoms with E-state index in [1.165, 1.54) is 16.0 Å². The third-order valence-electron chi connectivity index (χ3n) is 6.92. The van der Waals surface area contributed by atoms with Crippen LogP contribution >= 0.6 is 27.3 Å². The summed E-state index contributed by atoms with van der Waals surface area (Å²) in [6.45, 7) is 5.14. The molecule has 2 unspecified atom stereocenters. The topological polar surface area (TPSA) is 43.9 Å². The second-order valence-electron chi connectivity index (χ2n) is 8.90. The van der Waals surface area contributed by atoms with Crippen molar-refractivity contribution in [2.45, 2.75) is 25.4 Å². The molecule has 1 fully saturated rings. The summed E-state index contributed by atoms with van der Waals surface area (Å²) in [5.41, 5.74) is 3.23. The number of carbonyl (C=O) groups excluding carboxylic acids is 2. The Hall–Kier alpha value is -2.48. The van der Waals surface area contributed by atoms with Crippen molar-refractivity contribution in [2.24, 2.45) is 0 Å². The van der Waals surface area contributed by atoms with E-state index >= 15 is 0 Å². The highest BCUT2D eigenvalue weighted by atomic mass is 79.9. The molecule has 5 rings (SSSR count). The Balaban J connectivity index is 1.28. The average Bonchev–Trinajstić information content (AvgIpc) is 3.36. The van der Waals surface area contributed by atoms with Gasteiger partial charge in [0.15, 0.2) is 0 Å². The molecule has 5 nitrogen and oxygen atoms in total. The summed E-state index contributed by atoms with van der Waals surface area (Å²) in [7, 11) is 0. The monoisotopic (exact) mass is 537 g/mol. The Morgan fingerprint density at radius 2 is 1.68 bits per heavy atom. The lowest BCUT2D eigenvalue weighted by Crippen LogP contribution is -2.56. The molecular weight excluding hydrogens is 510 g/mol. The van der Waals surface area contributed by atoms with Crippen LogP contribution in [0.5, 0.6) is 0 Å². The summed E-state index contributed by atoms with van der Waals surface area (Å²) in [5, 5.41) is 2.16. The number of amides is 2. The van der Waals surface area contributed by atoms with Crippen LogP contribution in [0.4, 0.5) is 0 Å². The van der Waals surface area contributed by atoms with Gasteiger partial charge in [0.25, 0.3) is 5.91 Å². The van der Waals surface area contributed by atoms with E-state index in [4.69, 9.17) is 0 Å². The van der Waals surface area contributed by atoms with Gasteiger partial charge in [0.2, 0.25) is 5.91 Å². The van der Waals surface area contributed by atoms with E-state index in [9.17, 15) is 9.59 Å². The first-order valence-electron chi connectivity index (χ1n) is 11.7. The van der Waals surface area contributed by atoms with Crippen molar-refractivity contribution >= 4 is 39.1 Å². The van der Waals surface area contributed by atoms with Gasteiger partial charge in [-0.2, -0.15) is 0 Å². The smallest absolute Gasteiger partial charge is 0.254 e. The lowest BCUT2D eigenvalue weighted by atomic mass is 9.92. The molecule has 2 aliphatic heterocycles. The number of carbonyl (C=O) groups is 2. The molecule has 34 heavy (non-hydrogen) atoms. The third kappa shape index (κ3) is 4.57. The Bertz CT molecular complexity index is 1170. The molecule has 7 heteroatoms. The molecule has 1 aromatic heterocycles. The number of thiophene rings is 1. The van der Waals surface area contributed by atoms with E-state index in [0.29, 0.717) is 31.7 Å². The first kappa shape index (κ1) is 23.3. The Morgan fingerprint density at radius 1 is 0.941 bits per heavy atom. The first-order chi connectivity index (χ1) is 16.5. The maximum absolute atomic E-state index is 13.6. The number of piperazine rings is 1. The molecule has 3 aromatic rings. The van der Waals surface area contributed by atoms with Gasteiger partial charge in [-0.05, 0) is 54.1 Å². The minimum atomic E-state index is -0.231. The van der Waals surface area contributed by atoms with Gasteiger partial charge < -0.3 is 9.80 Å². The number of benzene rings is 2. The van der Waals surface area contributed by atoms with Gasteiger partial charge in [0, 0.05) is 47.6 Å². The standard InChI is InChI=1S/C27H28BrN3O2S/c1-19(31-12-10-24-23(11-17-34-24)25(31)20-6-3-2-4-7-20)26(32)29-13-15-30(16-14-29)27(33)21-8-5-9-22(28)18-21/h2-9,11,17-19,25H,10,12-16H2,1H3. The number of nitrogens with zero attached hydrogens (tertiary/aromatic N) is 3. The fourth-order valence-electron chi connectivity index (χ4n) is 5.10. The van der Waals surface area contributed by atoms with E-state index in [0.717, 1.165) is 17.4 Å². The van der Waals surface area contributed by atoms with Crippen LogP contribution in [0.2, 0.25) is 0 Å². The van der Waals surface area contributed by atoms with Gasteiger partial charge in [-0.3, -0.25) is 14.5 Å². The zero-order valence-corrected chi connectivity index (χ0v) is 21.6.